The number of aromatic hydroxyl groups is 1. The first kappa shape index (κ1) is 17.3. The van der Waals surface area contributed by atoms with Crippen LogP contribution in [-0.4, -0.2) is 20.7 Å². The van der Waals surface area contributed by atoms with Crippen molar-refractivity contribution in [2.75, 3.05) is 0 Å². The van der Waals surface area contributed by atoms with Gasteiger partial charge in [0.05, 0.1) is 6.54 Å². The molecule has 3 aromatic rings. The van der Waals surface area contributed by atoms with Crippen LogP contribution in [0.5, 0.6) is 5.88 Å². The summed E-state index contributed by atoms with van der Waals surface area (Å²) >= 11 is 0. The van der Waals surface area contributed by atoms with Crippen molar-refractivity contribution in [2.24, 2.45) is 0 Å². The van der Waals surface area contributed by atoms with E-state index in [0.29, 0.717) is 18.5 Å². The second-order valence-corrected chi connectivity index (χ2v) is 7.25. The van der Waals surface area contributed by atoms with Crippen LogP contribution in [0.15, 0.2) is 47.3 Å². The average molecular weight is 363 g/mol. The molecule has 4 rings (SSSR count). The van der Waals surface area contributed by atoms with E-state index in [1.165, 1.54) is 0 Å². The van der Waals surface area contributed by atoms with Crippen LogP contribution in [0.1, 0.15) is 52.9 Å². The molecule has 2 N–H and O–H groups in total. The first-order valence-electron chi connectivity index (χ1n) is 9.17. The number of benzene rings is 2. The van der Waals surface area contributed by atoms with Crippen molar-refractivity contribution < 1.29 is 15.0 Å². The van der Waals surface area contributed by atoms with Gasteiger partial charge in [0, 0.05) is 11.3 Å². The number of pyridine rings is 1. The molecule has 1 aromatic heterocycles. The minimum Gasteiger partial charge on any atom is -0.494 e. The van der Waals surface area contributed by atoms with Crippen LogP contribution in [0, 0.1) is 0 Å². The molecular weight excluding hydrogens is 342 g/mol. The molecule has 5 nitrogen and oxygen atoms in total. The second kappa shape index (κ2) is 6.58. The standard InChI is InChI=1S/C22H21NO4/c1-13-5-4-8-17-18(13)20(24)19(22(26)27)21(25)23(17)12-14-9-10-15-6-2-3-7-16(15)11-14/h2-3,6-7,9-11,13,25H,4-5,8,12H2,1H3,(H,26,27). The zero-order chi connectivity index (χ0) is 19.1. The van der Waals surface area contributed by atoms with Gasteiger partial charge in [-0.1, -0.05) is 43.3 Å². The fraction of sp³-hybridized carbons (Fsp3) is 0.273. The summed E-state index contributed by atoms with van der Waals surface area (Å²) in [6.07, 6.45) is 2.43. The predicted octanol–water partition coefficient (Wildman–Crippen LogP) is 3.89. The molecule has 0 radical (unpaired) electrons. The van der Waals surface area contributed by atoms with Crippen LogP contribution >= 0.6 is 0 Å². The number of aromatic carboxylic acids is 1. The molecule has 1 unspecified atom stereocenters. The van der Waals surface area contributed by atoms with Crippen LogP contribution < -0.4 is 5.43 Å². The first-order chi connectivity index (χ1) is 13.0. The fourth-order valence-corrected chi connectivity index (χ4v) is 4.16. The smallest absolute Gasteiger partial charge is 0.345 e. The summed E-state index contributed by atoms with van der Waals surface area (Å²) in [6.45, 7) is 2.27. The van der Waals surface area contributed by atoms with Crippen molar-refractivity contribution in [3.8, 4) is 5.88 Å². The summed E-state index contributed by atoms with van der Waals surface area (Å²) in [7, 11) is 0. The summed E-state index contributed by atoms with van der Waals surface area (Å²) in [5.41, 5.74) is 1.18. The van der Waals surface area contributed by atoms with Crippen LogP contribution in [0.3, 0.4) is 0 Å². The fourth-order valence-electron chi connectivity index (χ4n) is 4.16. The highest BCUT2D eigenvalue weighted by Gasteiger charge is 2.30. The number of carboxylic acids is 1. The lowest BCUT2D eigenvalue weighted by molar-refractivity contribution is 0.0690. The number of rotatable bonds is 3. The van der Waals surface area contributed by atoms with Gasteiger partial charge >= 0.3 is 5.97 Å². The van der Waals surface area contributed by atoms with Crippen LogP contribution in [-0.2, 0) is 13.0 Å². The van der Waals surface area contributed by atoms with Gasteiger partial charge in [-0.05, 0) is 47.6 Å². The van der Waals surface area contributed by atoms with Crippen molar-refractivity contribution in [2.45, 2.75) is 38.6 Å². The Morgan fingerprint density at radius 3 is 2.67 bits per heavy atom. The molecule has 0 fully saturated rings. The molecule has 27 heavy (non-hydrogen) atoms. The summed E-state index contributed by atoms with van der Waals surface area (Å²) in [4.78, 5) is 24.4. The van der Waals surface area contributed by atoms with Gasteiger partial charge in [-0.15, -0.1) is 0 Å². The SMILES string of the molecule is CC1CCCc2c1c(=O)c(C(=O)O)c(O)n2Cc1ccc2ccccc2c1. The highest BCUT2D eigenvalue weighted by molar-refractivity contribution is 5.90. The molecule has 0 saturated carbocycles. The maximum atomic E-state index is 12.7. The van der Waals surface area contributed by atoms with E-state index < -0.39 is 22.8 Å². The number of carbonyl (C=O) groups is 1. The van der Waals surface area contributed by atoms with E-state index in [-0.39, 0.29) is 5.92 Å². The van der Waals surface area contributed by atoms with Crippen molar-refractivity contribution in [3.05, 3.63) is 75.1 Å². The quantitative estimate of drug-likeness (QED) is 0.740. The van der Waals surface area contributed by atoms with Crippen molar-refractivity contribution in [3.63, 3.8) is 0 Å². The Balaban J connectivity index is 1.90. The third-order valence-electron chi connectivity index (χ3n) is 5.50. The van der Waals surface area contributed by atoms with Crippen LogP contribution in [0.4, 0.5) is 0 Å². The molecule has 1 heterocycles. The topological polar surface area (TPSA) is 79.5 Å². The van der Waals surface area contributed by atoms with Gasteiger partial charge in [0.1, 0.15) is 0 Å². The minimum absolute atomic E-state index is 0.0113. The largest absolute Gasteiger partial charge is 0.494 e. The molecule has 0 amide bonds. The van der Waals surface area contributed by atoms with Crippen molar-refractivity contribution >= 4 is 16.7 Å². The molecule has 2 aromatic carbocycles. The zero-order valence-corrected chi connectivity index (χ0v) is 15.1. The number of carboxylic acid groups (broad SMARTS) is 1. The molecule has 0 spiro atoms. The van der Waals surface area contributed by atoms with Gasteiger partial charge < -0.3 is 14.8 Å². The molecular formula is C22H21NO4. The van der Waals surface area contributed by atoms with Crippen LogP contribution in [0.25, 0.3) is 10.8 Å². The van der Waals surface area contributed by atoms with E-state index in [1.54, 1.807) is 4.57 Å². The van der Waals surface area contributed by atoms with E-state index in [4.69, 9.17) is 0 Å². The normalized spacial score (nSPS) is 16.3. The third kappa shape index (κ3) is 2.89. The van der Waals surface area contributed by atoms with Gasteiger partial charge in [-0.25, -0.2) is 4.79 Å². The van der Waals surface area contributed by atoms with Gasteiger partial charge in [0.2, 0.25) is 11.3 Å². The number of aromatic nitrogens is 1. The summed E-state index contributed by atoms with van der Waals surface area (Å²) in [5.74, 6) is -1.85. The molecule has 138 valence electrons. The van der Waals surface area contributed by atoms with E-state index in [0.717, 1.165) is 34.9 Å². The minimum atomic E-state index is -1.38. The monoisotopic (exact) mass is 363 g/mol. The van der Waals surface area contributed by atoms with Gasteiger partial charge in [-0.3, -0.25) is 4.79 Å². The lowest BCUT2D eigenvalue weighted by Gasteiger charge is -2.27. The average Bonchev–Trinajstić information content (AvgIpc) is 2.64. The molecule has 1 atom stereocenters. The molecule has 1 aliphatic rings. The Kier molecular flexibility index (Phi) is 4.22. The third-order valence-corrected chi connectivity index (χ3v) is 5.50. The van der Waals surface area contributed by atoms with Gasteiger partial charge in [0.25, 0.3) is 0 Å². The summed E-state index contributed by atoms with van der Waals surface area (Å²) in [5, 5.41) is 22.3. The van der Waals surface area contributed by atoms with Gasteiger partial charge in [0.15, 0.2) is 5.56 Å². The Morgan fingerprint density at radius 2 is 1.93 bits per heavy atom. The molecule has 0 saturated heterocycles. The van der Waals surface area contributed by atoms with E-state index >= 15 is 0 Å². The number of nitrogens with zero attached hydrogens (tertiary/aromatic N) is 1. The number of hydrogen-bond donors (Lipinski definition) is 2. The lowest BCUT2D eigenvalue weighted by Crippen LogP contribution is -2.30. The summed E-state index contributed by atoms with van der Waals surface area (Å²) < 4.78 is 1.61. The highest BCUT2D eigenvalue weighted by Crippen LogP contribution is 2.33. The number of fused-ring (bicyclic) bond motifs is 2. The summed E-state index contributed by atoms with van der Waals surface area (Å²) in [6, 6.07) is 14.0. The Labute approximate surface area is 156 Å². The molecule has 1 aliphatic carbocycles. The Bertz CT molecular complexity index is 1110. The maximum Gasteiger partial charge on any atom is 0.345 e. The van der Waals surface area contributed by atoms with E-state index in [9.17, 15) is 19.8 Å². The molecule has 0 aliphatic heterocycles. The maximum absolute atomic E-state index is 12.7. The Morgan fingerprint density at radius 1 is 1.19 bits per heavy atom. The molecule has 0 bridgehead atoms. The van der Waals surface area contributed by atoms with E-state index in [1.807, 2.05) is 49.4 Å². The highest BCUT2D eigenvalue weighted by atomic mass is 16.4. The molecule has 5 heteroatoms. The first-order valence-corrected chi connectivity index (χ1v) is 9.17. The van der Waals surface area contributed by atoms with Crippen molar-refractivity contribution in [1.29, 1.82) is 0 Å². The lowest BCUT2D eigenvalue weighted by atomic mass is 9.85. The van der Waals surface area contributed by atoms with Crippen molar-refractivity contribution in [1.82, 2.24) is 4.57 Å². The zero-order valence-electron chi connectivity index (χ0n) is 15.1. The predicted molar refractivity (Wildman–Crippen MR) is 104 cm³/mol. The number of hydrogen-bond acceptors (Lipinski definition) is 3. The van der Waals surface area contributed by atoms with Gasteiger partial charge in [-0.2, -0.15) is 0 Å². The Hall–Kier alpha value is -3.08. The van der Waals surface area contributed by atoms with E-state index in [2.05, 4.69) is 0 Å². The second-order valence-electron chi connectivity index (χ2n) is 7.25. The van der Waals surface area contributed by atoms with Crippen LogP contribution in [0.2, 0.25) is 0 Å².